The lowest BCUT2D eigenvalue weighted by Crippen LogP contribution is -2.29. The van der Waals surface area contributed by atoms with Gasteiger partial charge in [-0.05, 0) is 25.0 Å². The van der Waals surface area contributed by atoms with Gasteiger partial charge in [0.2, 0.25) is 0 Å². The molecule has 0 aromatic carbocycles. The second kappa shape index (κ2) is 11.4. The van der Waals surface area contributed by atoms with Gasteiger partial charge in [-0.2, -0.15) is 0 Å². The number of unbranched alkanes of at least 4 members (excludes halogenated alkanes) is 2. The fourth-order valence-corrected chi connectivity index (χ4v) is 1.32. The second-order valence-corrected chi connectivity index (χ2v) is 4.06. The molecular weight excluding hydrogens is 278 g/mol. The zero-order valence-corrected chi connectivity index (χ0v) is 11.5. The number of nitrogen functional groups attached to an aromatic ring is 1. The van der Waals surface area contributed by atoms with Gasteiger partial charge in [0.15, 0.2) is 0 Å². The molecule has 116 valence electrons. The van der Waals surface area contributed by atoms with E-state index in [9.17, 15) is 14.4 Å². The second-order valence-electron chi connectivity index (χ2n) is 4.06. The van der Waals surface area contributed by atoms with Crippen LogP contribution in [0.3, 0.4) is 0 Å². The zero-order valence-electron chi connectivity index (χ0n) is 11.5. The van der Waals surface area contributed by atoms with Crippen molar-refractivity contribution in [3.05, 3.63) is 30.1 Å². The minimum Gasteiger partial charge on any atom is -0.481 e. The highest BCUT2D eigenvalue weighted by Gasteiger charge is 1.99. The van der Waals surface area contributed by atoms with Gasteiger partial charge in [0.05, 0.1) is 0 Å². The Bertz CT molecular complexity index is 434. The summed E-state index contributed by atoms with van der Waals surface area (Å²) in [7, 11) is 0. The van der Waals surface area contributed by atoms with Crippen LogP contribution >= 0.6 is 0 Å². The smallest absolute Gasteiger partial charge is 0.303 e. The first-order valence-electron chi connectivity index (χ1n) is 6.32. The van der Waals surface area contributed by atoms with Gasteiger partial charge in [0, 0.05) is 30.8 Å². The van der Waals surface area contributed by atoms with Crippen molar-refractivity contribution in [3.63, 3.8) is 0 Å². The first kappa shape index (κ1) is 18.5. The standard InChI is InChI=1S/C7H12O4.C6H7N3O/c8-6(9)4-2-1-3-5-7(10)11;7-9-6(10)5-1-3-8-4-2-5/h1-5H2,(H,8,9)(H,10,11);1-4H,7H2,(H,9,10). The van der Waals surface area contributed by atoms with E-state index in [2.05, 4.69) is 4.98 Å². The molecule has 5 N–H and O–H groups in total. The lowest BCUT2D eigenvalue weighted by molar-refractivity contribution is -0.137. The van der Waals surface area contributed by atoms with E-state index in [4.69, 9.17) is 16.1 Å². The SMILES string of the molecule is NNC(=O)c1ccncc1.O=C(O)CCCCCC(=O)O. The molecule has 0 spiro atoms. The van der Waals surface area contributed by atoms with Crippen LogP contribution in [0.25, 0.3) is 0 Å². The third-order valence-electron chi connectivity index (χ3n) is 2.35. The van der Waals surface area contributed by atoms with Crippen molar-refractivity contribution in [2.45, 2.75) is 32.1 Å². The molecule has 0 unspecified atom stereocenters. The molecule has 0 aliphatic carbocycles. The first-order chi connectivity index (χ1) is 9.97. The van der Waals surface area contributed by atoms with Gasteiger partial charge in [0.25, 0.3) is 5.91 Å². The summed E-state index contributed by atoms with van der Waals surface area (Å²) in [5.41, 5.74) is 2.53. The van der Waals surface area contributed by atoms with Crippen LogP contribution in [-0.2, 0) is 9.59 Å². The van der Waals surface area contributed by atoms with Crippen LogP contribution in [0, 0.1) is 0 Å². The molecule has 1 rings (SSSR count). The Morgan fingerprint density at radius 3 is 1.86 bits per heavy atom. The normalized spacial score (nSPS) is 9.19. The van der Waals surface area contributed by atoms with Crippen molar-refractivity contribution in [3.8, 4) is 0 Å². The monoisotopic (exact) mass is 297 g/mol. The number of carboxylic acids is 2. The quantitative estimate of drug-likeness (QED) is 0.252. The Morgan fingerprint density at radius 2 is 1.48 bits per heavy atom. The molecule has 1 aromatic heterocycles. The number of amides is 1. The average molecular weight is 297 g/mol. The first-order valence-corrected chi connectivity index (χ1v) is 6.32. The molecule has 0 aliphatic heterocycles. The van der Waals surface area contributed by atoms with Gasteiger partial charge < -0.3 is 10.2 Å². The number of carbonyl (C=O) groups excluding carboxylic acids is 1. The number of carbonyl (C=O) groups is 3. The van der Waals surface area contributed by atoms with E-state index in [1.807, 2.05) is 5.43 Å². The van der Waals surface area contributed by atoms with Crippen LogP contribution in [0.2, 0.25) is 0 Å². The lowest BCUT2D eigenvalue weighted by Gasteiger charge is -1.95. The maximum absolute atomic E-state index is 10.7. The molecule has 8 heteroatoms. The topological polar surface area (TPSA) is 143 Å². The van der Waals surface area contributed by atoms with E-state index >= 15 is 0 Å². The van der Waals surface area contributed by atoms with Gasteiger partial charge in [-0.15, -0.1) is 0 Å². The predicted molar refractivity (Wildman–Crippen MR) is 74.2 cm³/mol. The van der Waals surface area contributed by atoms with Crippen molar-refractivity contribution >= 4 is 17.8 Å². The Labute approximate surface area is 122 Å². The lowest BCUT2D eigenvalue weighted by atomic mass is 10.1. The highest BCUT2D eigenvalue weighted by Crippen LogP contribution is 2.02. The number of carboxylic acid groups (broad SMARTS) is 2. The average Bonchev–Trinajstić information content (AvgIpc) is 2.47. The van der Waals surface area contributed by atoms with E-state index < -0.39 is 11.9 Å². The van der Waals surface area contributed by atoms with Gasteiger partial charge in [-0.3, -0.25) is 24.8 Å². The molecule has 1 heterocycles. The molecule has 0 fully saturated rings. The minimum atomic E-state index is -0.819. The molecular formula is C13H19N3O5. The van der Waals surface area contributed by atoms with Gasteiger partial charge >= 0.3 is 11.9 Å². The van der Waals surface area contributed by atoms with E-state index in [0.29, 0.717) is 24.8 Å². The summed E-state index contributed by atoms with van der Waals surface area (Å²) in [4.78, 5) is 34.5. The number of aliphatic carboxylic acids is 2. The van der Waals surface area contributed by atoms with Crippen LogP contribution in [0.4, 0.5) is 0 Å². The fraction of sp³-hybridized carbons (Fsp3) is 0.385. The third kappa shape index (κ3) is 11.1. The highest BCUT2D eigenvalue weighted by molar-refractivity contribution is 5.93. The Kier molecular flexibility index (Phi) is 10.0. The molecule has 0 saturated carbocycles. The summed E-state index contributed by atoms with van der Waals surface area (Å²) in [6, 6.07) is 3.17. The maximum Gasteiger partial charge on any atom is 0.303 e. The molecule has 0 saturated heterocycles. The number of nitrogens with one attached hydrogen (secondary N) is 1. The summed E-state index contributed by atoms with van der Waals surface area (Å²) >= 11 is 0. The molecule has 0 radical (unpaired) electrons. The van der Waals surface area contributed by atoms with Crippen LogP contribution in [0.1, 0.15) is 42.5 Å². The number of nitrogens with zero attached hydrogens (tertiary/aromatic N) is 1. The van der Waals surface area contributed by atoms with Crippen molar-refractivity contribution in [1.82, 2.24) is 10.4 Å². The van der Waals surface area contributed by atoms with Crippen LogP contribution in [-0.4, -0.2) is 33.0 Å². The number of aromatic nitrogens is 1. The number of hydrazine groups is 1. The number of hydrogen-bond acceptors (Lipinski definition) is 5. The van der Waals surface area contributed by atoms with E-state index in [1.54, 1.807) is 12.1 Å². The number of hydrogen-bond donors (Lipinski definition) is 4. The van der Waals surface area contributed by atoms with Crippen molar-refractivity contribution < 1.29 is 24.6 Å². The van der Waals surface area contributed by atoms with Crippen LogP contribution in [0.5, 0.6) is 0 Å². The Morgan fingerprint density at radius 1 is 1.00 bits per heavy atom. The molecule has 8 nitrogen and oxygen atoms in total. The maximum atomic E-state index is 10.7. The molecule has 0 atom stereocenters. The summed E-state index contributed by atoms with van der Waals surface area (Å²) < 4.78 is 0. The number of pyridine rings is 1. The summed E-state index contributed by atoms with van der Waals surface area (Å²) in [5.74, 6) is 2.94. The Hall–Kier alpha value is -2.48. The third-order valence-corrected chi connectivity index (χ3v) is 2.35. The molecule has 0 bridgehead atoms. The largest absolute Gasteiger partial charge is 0.481 e. The van der Waals surface area contributed by atoms with E-state index in [-0.39, 0.29) is 18.7 Å². The van der Waals surface area contributed by atoms with Crippen molar-refractivity contribution in [2.24, 2.45) is 5.84 Å². The predicted octanol–water partition coefficient (Wildman–Crippen LogP) is 0.791. The van der Waals surface area contributed by atoms with Gasteiger partial charge in [0.1, 0.15) is 0 Å². The molecule has 1 aromatic rings. The molecule has 1 amide bonds. The van der Waals surface area contributed by atoms with Crippen LogP contribution < -0.4 is 11.3 Å². The van der Waals surface area contributed by atoms with Gasteiger partial charge in [-0.1, -0.05) is 6.42 Å². The van der Waals surface area contributed by atoms with Crippen LogP contribution in [0.15, 0.2) is 24.5 Å². The summed E-state index contributed by atoms with van der Waals surface area (Å²) in [6.07, 6.45) is 5.16. The molecule has 0 aliphatic rings. The number of nitrogens with two attached hydrogens (primary N) is 1. The van der Waals surface area contributed by atoms with Crippen molar-refractivity contribution in [2.75, 3.05) is 0 Å². The molecule has 21 heavy (non-hydrogen) atoms. The fourth-order valence-electron chi connectivity index (χ4n) is 1.32. The van der Waals surface area contributed by atoms with Gasteiger partial charge in [-0.25, -0.2) is 5.84 Å². The Balaban J connectivity index is 0.000000382. The number of rotatable bonds is 7. The summed E-state index contributed by atoms with van der Waals surface area (Å²) in [5, 5.41) is 16.4. The van der Waals surface area contributed by atoms with E-state index in [1.165, 1.54) is 12.4 Å². The van der Waals surface area contributed by atoms with E-state index in [0.717, 1.165) is 0 Å². The minimum absolute atomic E-state index is 0.139. The zero-order chi connectivity index (χ0) is 16.1. The highest BCUT2D eigenvalue weighted by atomic mass is 16.4. The summed E-state index contributed by atoms with van der Waals surface area (Å²) in [6.45, 7) is 0. The van der Waals surface area contributed by atoms with Crippen molar-refractivity contribution in [1.29, 1.82) is 0 Å².